The Morgan fingerprint density at radius 1 is 1.18 bits per heavy atom. The molecule has 0 aliphatic carbocycles. The Balaban J connectivity index is 1.54. The van der Waals surface area contributed by atoms with Crippen LogP contribution in [0.2, 0.25) is 0 Å². The van der Waals surface area contributed by atoms with Crippen molar-refractivity contribution in [3.8, 4) is 0 Å². The van der Waals surface area contributed by atoms with E-state index in [1.807, 2.05) is 29.0 Å². The van der Waals surface area contributed by atoms with Crippen LogP contribution in [0.25, 0.3) is 0 Å². The third-order valence-corrected chi connectivity index (χ3v) is 4.85. The molecule has 3 heterocycles. The summed E-state index contributed by atoms with van der Waals surface area (Å²) in [6.45, 7) is 1.15. The van der Waals surface area contributed by atoms with Gasteiger partial charge < -0.3 is 14.8 Å². The van der Waals surface area contributed by atoms with E-state index in [9.17, 15) is 14.0 Å². The van der Waals surface area contributed by atoms with Gasteiger partial charge in [-0.15, -0.1) is 0 Å². The molecule has 0 saturated carbocycles. The molecule has 1 unspecified atom stereocenters. The highest BCUT2D eigenvalue weighted by Crippen LogP contribution is 2.20. The number of carbonyl (C=O) groups excluding carboxylic acids is 2. The second kappa shape index (κ2) is 7.64. The average molecular weight is 378 g/mol. The molecule has 0 saturated heterocycles. The first kappa shape index (κ1) is 17.9. The fourth-order valence-electron chi connectivity index (χ4n) is 3.42. The molecular weight excluding hydrogens is 359 g/mol. The maximum absolute atomic E-state index is 13.9. The zero-order chi connectivity index (χ0) is 19.5. The lowest BCUT2D eigenvalue weighted by Gasteiger charge is -2.36. The minimum absolute atomic E-state index is 0.00917. The predicted octanol–water partition coefficient (Wildman–Crippen LogP) is 2.48. The third-order valence-electron chi connectivity index (χ3n) is 4.85. The van der Waals surface area contributed by atoms with Crippen molar-refractivity contribution in [2.24, 2.45) is 0 Å². The quantitative estimate of drug-likeness (QED) is 0.742. The molecule has 0 radical (unpaired) electrons. The maximum atomic E-state index is 13.9. The number of fused-ring (bicyclic) bond motifs is 1. The molecular formula is C21H19FN4O2. The predicted molar refractivity (Wildman–Crippen MR) is 101 cm³/mol. The van der Waals surface area contributed by atoms with Crippen LogP contribution in [-0.2, 0) is 13.1 Å². The number of rotatable bonds is 5. The van der Waals surface area contributed by atoms with Crippen LogP contribution in [-0.4, -0.2) is 38.9 Å². The van der Waals surface area contributed by atoms with Gasteiger partial charge in [-0.3, -0.25) is 14.6 Å². The van der Waals surface area contributed by atoms with E-state index in [0.29, 0.717) is 18.8 Å². The van der Waals surface area contributed by atoms with Crippen molar-refractivity contribution in [1.82, 2.24) is 19.8 Å². The van der Waals surface area contributed by atoms with Crippen molar-refractivity contribution >= 4 is 11.8 Å². The number of carbonyl (C=O) groups is 2. The first-order chi connectivity index (χ1) is 13.6. The lowest BCUT2D eigenvalue weighted by Crippen LogP contribution is -2.52. The van der Waals surface area contributed by atoms with Gasteiger partial charge in [-0.05, 0) is 35.9 Å². The summed E-state index contributed by atoms with van der Waals surface area (Å²) in [7, 11) is 0. The molecule has 1 N–H and O–H groups in total. The van der Waals surface area contributed by atoms with Crippen LogP contribution in [0.4, 0.5) is 4.39 Å². The molecule has 2 amide bonds. The lowest BCUT2D eigenvalue weighted by atomic mass is 10.1. The first-order valence-electron chi connectivity index (χ1n) is 9.01. The van der Waals surface area contributed by atoms with Gasteiger partial charge in [0.1, 0.15) is 11.5 Å². The number of benzene rings is 1. The zero-order valence-electron chi connectivity index (χ0n) is 15.1. The highest BCUT2D eigenvalue weighted by molar-refractivity contribution is 5.95. The van der Waals surface area contributed by atoms with E-state index in [1.165, 1.54) is 18.2 Å². The monoisotopic (exact) mass is 378 g/mol. The van der Waals surface area contributed by atoms with Gasteiger partial charge in [0.05, 0.1) is 11.6 Å². The van der Waals surface area contributed by atoms with E-state index in [0.717, 1.165) is 5.56 Å². The van der Waals surface area contributed by atoms with Crippen molar-refractivity contribution in [3.63, 3.8) is 0 Å². The Labute approximate surface area is 161 Å². The number of pyridine rings is 1. The molecule has 0 spiro atoms. The smallest absolute Gasteiger partial charge is 0.271 e. The van der Waals surface area contributed by atoms with Gasteiger partial charge in [0.25, 0.3) is 11.8 Å². The number of hydrogen-bond donors (Lipinski definition) is 1. The normalized spacial score (nSPS) is 16.0. The van der Waals surface area contributed by atoms with Crippen molar-refractivity contribution < 1.29 is 14.0 Å². The van der Waals surface area contributed by atoms with E-state index >= 15 is 0 Å². The molecule has 1 aliphatic heterocycles. The third kappa shape index (κ3) is 3.51. The summed E-state index contributed by atoms with van der Waals surface area (Å²) in [5.74, 6) is -1.17. The summed E-state index contributed by atoms with van der Waals surface area (Å²) in [5.41, 5.74) is 1.51. The fourth-order valence-corrected chi connectivity index (χ4v) is 3.42. The number of nitrogens with one attached hydrogen (secondary N) is 1. The van der Waals surface area contributed by atoms with Crippen LogP contribution in [0.3, 0.4) is 0 Å². The van der Waals surface area contributed by atoms with Crippen LogP contribution in [0.15, 0.2) is 67.1 Å². The number of halogens is 1. The van der Waals surface area contributed by atoms with E-state index in [4.69, 9.17) is 0 Å². The fraction of sp³-hybridized carbons (Fsp3) is 0.190. The summed E-state index contributed by atoms with van der Waals surface area (Å²) in [5, 5.41) is 2.77. The first-order valence-corrected chi connectivity index (χ1v) is 9.01. The highest BCUT2D eigenvalue weighted by atomic mass is 19.1. The molecule has 2 aromatic heterocycles. The standard InChI is InChI=1S/C21H19FN4O2/c22-18-7-2-1-6-17(18)20(27)24-12-16-14-25-10-4-8-19(25)21(28)26(16)13-15-5-3-9-23-11-15/h1-11,16H,12-14H2,(H,24,27). The summed E-state index contributed by atoms with van der Waals surface area (Å²) >= 11 is 0. The molecule has 0 fully saturated rings. The molecule has 0 bridgehead atoms. The van der Waals surface area contributed by atoms with Crippen molar-refractivity contribution in [2.45, 2.75) is 19.1 Å². The molecule has 3 aromatic rings. The number of hydrogen-bond acceptors (Lipinski definition) is 3. The molecule has 1 aromatic carbocycles. The van der Waals surface area contributed by atoms with Gasteiger partial charge in [0.15, 0.2) is 0 Å². The molecule has 1 aliphatic rings. The molecule has 7 heteroatoms. The van der Waals surface area contributed by atoms with E-state index < -0.39 is 11.7 Å². The second-order valence-corrected chi connectivity index (χ2v) is 6.68. The average Bonchev–Trinajstić information content (AvgIpc) is 3.18. The van der Waals surface area contributed by atoms with E-state index in [-0.39, 0.29) is 24.1 Å². The second-order valence-electron chi connectivity index (χ2n) is 6.68. The Bertz CT molecular complexity index is 1000. The summed E-state index contributed by atoms with van der Waals surface area (Å²) < 4.78 is 15.7. The largest absolute Gasteiger partial charge is 0.350 e. The van der Waals surface area contributed by atoms with Crippen molar-refractivity contribution in [3.05, 3.63) is 89.8 Å². The van der Waals surface area contributed by atoms with Crippen molar-refractivity contribution in [1.29, 1.82) is 0 Å². The van der Waals surface area contributed by atoms with Gasteiger partial charge >= 0.3 is 0 Å². The Kier molecular flexibility index (Phi) is 4.89. The van der Waals surface area contributed by atoms with Gasteiger partial charge in [-0.25, -0.2) is 4.39 Å². The number of aromatic nitrogens is 2. The van der Waals surface area contributed by atoms with Crippen molar-refractivity contribution in [2.75, 3.05) is 6.54 Å². The van der Waals surface area contributed by atoms with E-state index in [2.05, 4.69) is 10.3 Å². The maximum Gasteiger partial charge on any atom is 0.271 e. The molecule has 6 nitrogen and oxygen atoms in total. The molecule has 142 valence electrons. The Morgan fingerprint density at radius 2 is 2.04 bits per heavy atom. The topological polar surface area (TPSA) is 67.2 Å². The number of amides is 2. The summed E-state index contributed by atoms with van der Waals surface area (Å²) in [6.07, 6.45) is 5.25. The van der Waals surface area contributed by atoms with Crippen LogP contribution in [0.1, 0.15) is 26.4 Å². The SMILES string of the molecule is O=C(NCC1Cn2cccc2C(=O)N1Cc1cccnc1)c1ccccc1F. The molecule has 1 atom stereocenters. The van der Waals surface area contributed by atoms with Crippen LogP contribution < -0.4 is 5.32 Å². The van der Waals surface area contributed by atoms with E-state index in [1.54, 1.807) is 29.4 Å². The van der Waals surface area contributed by atoms with Gasteiger partial charge in [-0.1, -0.05) is 18.2 Å². The van der Waals surface area contributed by atoms with Gasteiger partial charge in [0.2, 0.25) is 0 Å². The van der Waals surface area contributed by atoms with Crippen LogP contribution in [0.5, 0.6) is 0 Å². The van der Waals surface area contributed by atoms with Gasteiger partial charge in [-0.2, -0.15) is 0 Å². The number of nitrogens with zero attached hydrogens (tertiary/aromatic N) is 3. The minimum Gasteiger partial charge on any atom is -0.350 e. The van der Waals surface area contributed by atoms with Gasteiger partial charge in [0, 0.05) is 38.2 Å². The highest BCUT2D eigenvalue weighted by Gasteiger charge is 2.32. The Morgan fingerprint density at radius 3 is 2.82 bits per heavy atom. The molecule has 4 rings (SSSR count). The zero-order valence-corrected chi connectivity index (χ0v) is 15.1. The van der Waals surface area contributed by atoms with Crippen LogP contribution in [0, 0.1) is 5.82 Å². The molecule has 28 heavy (non-hydrogen) atoms. The lowest BCUT2D eigenvalue weighted by molar-refractivity contribution is 0.0562. The summed E-state index contributed by atoms with van der Waals surface area (Å²) in [4.78, 5) is 31.2. The minimum atomic E-state index is -0.570. The Hall–Kier alpha value is -3.48. The summed E-state index contributed by atoms with van der Waals surface area (Å²) in [6, 6.07) is 12.9. The van der Waals surface area contributed by atoms with Crippen LogP contribution >= 0.6 is 0 Å².